The van der Waals surface area contributed by atoms with Crippen molar-refractivity contribution < 1.29 is 30.0 Å². The molecule has 0 aromatic rings. The first kappa shape index (κ1) is 20.8. The number of carboxylic acids is 2. The second-order valence-corrected chi connectivity index (χ2v) is 5.88. The lowest BCUT2D eigenvalue weighted by molar-refractivity contribution is -0.184. The number of aliphatic carboxylic acids is 2. The fourth-order valence-electron chi connectivity index (χ4n) is 1.72. The summed E-state index contributed by atoms with van der Waals surface area (Å²) in [4.78, 5) is 22.9. The molecule has 2 atom stereocenters. The predicted molar refractivity (Wildman–Crippen MR) is 87.9 cm³/mol. The van der Waals surface area contributed by atoms with Crippen LogP contribution in [0, 0.1) is 0 Å². The summed E-state index contributed by atoms with van der Waals surface area (Å²) in [7, 11) is 0. The molecule has 126 valence electrons. The van der Waals surface area contributed by atoms with Gasteiger partial charge in [0.1, 0.15) is 0 Å². The van der Waals surface area contributed by atoms with Gasteiger partial charge in [0, 0.05) is 12.8 Å². The van der Waals surface area contributed by atoms with Crippen molar-refractivity contribution in [2.45, 2.75) is 57.2 Å². The predicted octanol–water partition coefficient (Wildman–Crippen LogP) is 0.853. The summed E-state index contributed by atoms with van der Waals surface area (Å²) in [5, 5.41) is 38.6. The van der Waals surface area contributed by atoms with Crippen molar-refractivity contribution >= 4 is 46.4 Å². The van der Waals surface area contributed by atoms with Crippen LogP contribution in [-0.2, 0) is 9.59 Å². The van der Waals surface area contributed by atoms with E-state index in [0.717, 1.165) is 29.2 Å². The van der Waals surface area contributed by atoms with Crippen molar-refractivity contribution in [1.29, 1.82) is 0 Å². The number of thiocarbonyl (C=S) groups is 2. The Morgan fingerprint density at radius 1 is 1.23 bits per heavy atom. The molecule has 1 heterocycles. The molecular weight excluding hydrogens is 330 g/mol. The molecule has 2 unspecified atom stereocenters. The van der Waals surface area contributed by atoms with Gasteiger partial charge in [0.15, 0.2) is 11.7 Å². The van der Waals surface area contributed by atoms with E-state index in [9.17, 15) is 14.7 Å². The zero-order valence-electron chi connectivity index (χ0n) is 12.2. The first-order valence-electron chi connectivity index (χ1n) is 6.84. The van der Waals surface area contributed by atoms with E-state index in [1.807, 2.05) is 6.92 Å². The summed E-state index contributed by atoms with van der Waals surface area (Å²) < 4.78 is 0. The van der Waals surface area contributed by atoms with E-state index in [4.69, 9.17) is 39.8 Å². The molecule has 22 heavy (non-hydrogen) atoms. The van der Waals surface area contributed by atoms with E-state index in [1.54, 1.807) is 0 Å². The van der Waals surface area contributed by atoms with Crippen LogP contribution < -0.4 is 5.32 Å². The van der Waals surface area contributed by atoms with Crippen LogP contribution in [0.1, 0.15) is 45.4 Å². The molecule has 0 radical (unpaired) electrons. The molecule has 7 nitrogen and oxygen atoms in total. The monoisotopic (exact) mass is 351 g/mol. The molecular formula is C13H21NO6S2. The third kappa shape index (κ3) is 6.73. The Bertz CT molecular complexity index is 428. The van der Waals surface area contributed by atoms with Gasteiger partial charge in [-0.3, -0.25) is 0 Å². The average Bonchev–Trinajstić information content (AvgIpc) is 2.81. The average molecular weight is 351 g/mol. The largest absolute Gasteiger partial charge is 0.479 e. The van der Waals surface area contributed by atoms with E-state index in [2.05, 4.69) is 5.32 Å². The summed E-state index contributed by atoms with van der Waals surface area (Å²) in [5.74, 6) is -3.45. The Balaban J connectivity index is 0.000000518. The van der Waals surface area contributed by atoms with Crippen molar-refractivity contribution in [2.75, 3.05) is 0 Å². The molecule has 0 amide bonds. The van der Waals surface area contributed by atoms with Crippen LogP contribution in [0.3, 0.4) is 0 Å². The van der Waals surface area contributed by atoms with Crippen LogP contribution in [0.2, 0.25) is 0 Å². The van der Waals surface area contributed by atoms with E-state index in [-0.39, 0.29) is 6.42 Å². The molecule has 0 spiro atoms. The van der Waals surface area contributed by atoms with Crippen molar-refractivity contribution in [1.82, 2.24) is 5.32 Å². The summed E-state index contributed by atoms with van der Waals surface area (Å²) in [6, 6.07) is 0. The number of aliphatic hydroxyl groups excluding tert-OH is 1. The quantitative estimate of drug-likeness (QED) is 0.335. The van der Waals surface area contributed by atoms with Crippen molar-refractivity contribution in [3.8, 4) is 0 Å². The number of carbonyl (C=O) groups is 2. The molecule has 0 aromatic carbocycles. The lowest BCUT2D eigenvalue weighted by atomic mass is 9.90. The molecule has 5 N–H and O–H groups in total. The second kappa shape index (κ2) is 9.78. The number of aliphatic hydroxyl groups is 2. The standard InChI is InChI=1S/C9H16O6.C4H5NS2/c1-2-3-4-5-9(15,8(13)14)6(10)7(11)12;6-3-1-2-4(7)5-3/h6,10,15H,2-5H2,1H3,(H,11,12)(H,13,14);1-2H2,(H,5,6,7). The molecule has 9 heteroatoms. The summed E-state index contributed by atoms with van der Waals surface area (Å²) in [5.41, 5.74) is -2.60. The zero-order valence-corrected chi connectivity index (χ0v) is 13.9. The number of hydrogen-bond donors (Lipinski definition) is 5. The van der Waals surface area contributed by atoms with Gasteiger partial charge < -0.3 is 25.7 Å². The summed E-state index contributed by atoms with van der Waals surface area (Å²) in [6.07, 6.45) is 1.16. The van der Waals surface area contributed by atoms with Crippen molar-refractivity contribution in [3.63, 3.8) is 0 Å². The highest BCUT2D eigenvalue weighted by Gasteiger charge is 2.47. The third-order valence-corrected chi connectivity index (χ3v) is 3.69. The highest BCUT2D eigenvalue weighted by molar-refractivity contribution is 7.82. The number of carboxylic acid groups (broad SMARTS) is 2. The maximum absolute atomic E-state index is 10.7. The maximum Gasteiger partial charge on any atom is 0.339 e. The molecule has 1 saturated heterocycles. The fourth-order valence-corrected chi connectivity index (χ4v) is 2.23. The summed E-state index contributed by atoms with van der Waals surface area (Å²) >= 11 is 9.59. The van der Waals surface area contributed by atoms with Crippen molar-refractivity contribution in [3.05, 3.63) is 0 Å². The van der Waals surface area contributed by atoms with Gasteiger partial charge in [-0.2, -0.15) is 0 Å². The molecule has 1 aliphatic rings. The van der Waals surface area contributed by atoms with Gasteiger partial charge in [0.2, 0.25) is 0 Å². The van der Waals surface area contributed by atoms with Crippen molar-refractivity contribution in [2.24, 2.45) is 0 Å². The highest BCUT2D eigenvalue weighted by atomic mass is 32.1. The SMILES string of the molecule is CCCCCC(O)(C(=O)O)C(O)C(=O)O.S=C1CCC(=S)N1. The molecule has 1 aliphatic heterocycles. The first-order chi connectivity index (χ1) is 10.1. The number of nitrogens with one attached hydrogen (secondary N) is 1. The van der Waals surface area contributed by atoms with E-state index in [1.165, 1.54) is 0 Å². The minimum Gasteiger partial charge on any atom is -0.479 e. The molecule has 0 bridgehead atoms. The van der Waals surface area contributed by atoms with Crippen LogP contribution >= 0.6 is 24.4 Å². The Morgan fingerprint density at radius 3 is 2.00 bits per heavy atom. The fraction of sp³-hybridized carbons (Fsp3) is 0.692. The van der Waals surface area contributed by atoms with Crippen LogP contribution in [0.25, 0.3) is 0 Å². The van der Waals surface area contributed by atoms with Gasteiger partial charge in [-0.15, -0.1) is 0 Å². The molecule has 0 aliphatic carbocycles. The van der Waals surface area contributed by atoms with Crippen LogP contribution in [0.4, 0.5) is 0 Å². The normalized spacial score (nSPS) is 17.8. The Hall–Kier alpha value is -1.16. The van der Waals surface area contributed by atoms with Gasteiger partial charge in [-0.25, -0.2) is 9.59 Å². The molecule has 1 rings (SSSR count). The Morgan fingerprint density at radius 2 is 1.73 bits per heavy atom. The first-order valence-corrected chi connectivity index (χ1v) is 7.66. The number of unbranched alkanes of at least 4 members (excludes halogenated alkanes) is 2. The van der Waals surface area contributed by atoms with Crippen LogP contribution in [0.15, 0.2) is 0 Å². The highest BCUT2D eigenvalue weighted by Crippen LogP contribution is 2.20. The van der Waals surface area contributed by atoms with Gasteiger partial charge in [0.05, 0.1) is 9.98 Å². The molecule has 0 aromatic heterocycles. The Labute approximate surface area is 139 Å². The lowest BCUT2D eigenvalue weighted by Gasteiger charge is -2.25. The Kier molecular flexibility index (Phi) is 9.26. The van der Waals surface area contributed by atoms with Crippen LogP contribution in [-0.4, -0.2) is 54.0 Å². The minimum atomic E-state index is -2.60. The van der Waals surface area contributed by atoms with E-state index >= 15 is 0 Å². The van der Waals surface area contributed by atoms with Crippen LogP contribution in [0.5, 0.6) is 0 Å². The number of hydrogen-bond acceptors (Lipinski definition) is 6. The third-order valence-electron chi connectivity index (χ3n) is 3.08. The second-order valence-electron chi connectivity index (χ2n) is 4.90. The zero-order chi connectivity index (χ0) is 17.3. The minimum absolute atomic E-state index is 0.274. The van der Waals surface area contributed by atoms with Gasteiger partial charge in [-0.1, -0.05) is 44.2 Å². The topological polar surface area (TPSA) is 127 Å². The molecule has 1 fully saturated rings. The van der Waals surface area contributed by atoms with E-state index in [0.29, 0.717) is 12.8 Å². The van der Waals surface area contributed by atoms with Gasteiger partial charge in [0.25, 0.3) is 0 Å². The number of rotatable bonds is 7. The van der Waals surface area contributed by atoms with E-state index < -0.39 is 23.6 Å². The summed E-state index contributed by atoms with van der Waals surface area (Å²) in [6.45, 7) is 1.88. The smallest absolute Gasteiger partial charge is 0.339 e. The van der Waals surface area contributed by atoms with Gasteiger partial charge >= 0.3 is 11.9 Å². The van der Waals surface area contributed by atoms with Gasteiger partial charge in [-0.05, 0) is 12.8 Å². The lowest BCUT2D eigenvalue weighted by Crippen LogP contribution is -2.53. The molecule has 0 saturated carbocycles. The maximum atomic E-state index is 10.7.